The van der Waals surface area contributed by atoms with E-state index in [2.05, 4.69) is 16.0 Å². The van der Waals surface area contributed by atoms with Gasteiger partial charge in [0.15, 0.2) is 0 Å². The first kappa shape index (κ1) is 16.9. The predicted molar refractivity (Wildman–Crippen MR) is 75.3 cm³/mol. The molecule has 1 fully saturated rings. The normalized spacial score (nSPS) is 18.2. The molecule has 1 atom stereocenters. The molecule has 8 nitrogen and oxygen atoms in total. The Bertz CT molecular complexity index is 447. The van der Waals surface area contributed by atoms with Crippen molar-refractivity contribution in [3.8, 4) is 0 Å². The van der Waals surface area contributed by atoms with Crippen LogP contribution < -0.4 is 16.0 Å². The van der Waals surface area contributed by atoms with Crippen LogP contribution in [-0.4, -0.2) is 47.4 Å². The van der Waals surface area contributed by atoms with E-state index in [0.717, 1.165) is 4.90 Å². The first-order chi connectivity index (χ1) is 9.70. The summed E-state index contributed by atoms with van der Waals surface area (Å²) in [5.41, 5.74) is 0. The number of nitrogens with zero attached hydrogens (tertiary/aromatic N) is 1. The molecular weight excluding hydrogens is 276 g/mol. The molecule has 0 bridgehead atoms. The van der Waals surface area contributed by atoms with Gasteiger partial charge in [-0.25, -0.2) is 9.59 Å². The fraction of sp³-hybridized carbons (Fsp3) is 0.692. The van der Waals surface area contributed by atoms with E-state index in [1.54, 1.807) is 13.8 Å². The van der Waals surface area contributed by atoms with Gasteiger partial charge in [-0.2, -0.15) is 0 Å². The molecular formula is C13H22N4O4. The second-order valence-corrected chi connectivity index (χ2v) is 5.73. The first-order valence-electron chi connectivity index (χ1n) is 6.93. The molecule has 0 aromatic carbocycles. The SMILES string of the molecule is CC(C)C[C@H]1NC(=O)N(CC(=O)NC(=O)NC(C)C)C1=O. The Kier molecular flexibility index (Phi) is 5.69. The minimum absolute atomic E-state index is 0.120. The molecule has 8 heteroatoms. The highest BCUT2D eigenvalue weighted by Gasteiger charge is 2.39. The molecule has 118 valence electrons. The van der Waals surface area contributed by atoms with Crippen LogP contribution in [0.5, 0.6) is 0 Å². The van der Waals surface area contributed by atoms with Crippen LogP contribution in [0.15, 0.2) is 0 Å². The van der Waals surface area contributed by atoms with Gasteiger partial charge < -0.3 is 10.6 Å². The maximum atomic E-state index is 12.0. The fourth-order valence-electron chi connectivity index (χ4n) is 1.97. The molecule has 0 spiro atoms. The minimum Gasteiger partial charge on any atom is -0.336 e. The molecule has 1 saturated heterocycles. The number of imide groups is 2. The molecule has 0 aromatic rings. The van der Waals surface area contributed by atoms with Gasteiger partial charge in [0.2, 0.25) is 5.91 Å². The summed E-state index contributed by atoms with van der Waals surface area (Å²) < 4.78 is 0. The molecule has 3 N–H and O–H groups in total. The van der Waals surface area contributed by atoms with Crippen LogP contribution in [0.4, 0.5) is 9.59 Å². The van der Waals surface area contributed by atoms with Crippen molar-refractivity contribution in [2.24, 2.45) is 5.92 Å². The van der Waals surface area contributed by atoms with Crippen molar-refractivity contribution in [1.29, 1.82) is 0 Å². The van der Waals surface area contributed by atoms with Gasteiger partial charge in [-0.1, -0.05) is 13.8 Å². The Morgan fingerprint density at radius 3 is 2.38 bits per heavy atom. The van der Waals surface area contributed by atoms with E-state index in [9.17, 15) is 19.2 Å². The van der Waals surface area contributed by atoms with Gasteiger partial charge in [0, 0.05) is 6.04 Å². The van der Waals surface area contributed by atoms with Gasteiger partial charge in [-0.05, 0) is 26.2 Å². The zero-order valence-corrected chi connectivity index (χ0v) is 12.7. The quantitative estimate of drug-likeness (QED) is 0.629. The first-order valence-corrected chi connectivity index (χ1v) is 6.93. The number of hydrogen-bond donors (Lipinski definition) is 3. The lowest BCUT2D eigenvalue weighted by Gasteiger charge is -2.14. The molecule has 1 aliphatic heterocycles. The summed E-state index contributed by atoms with van der Waals surface area (Å²) in [6.07, 6.45) is 0.510. The summed E-state index contributed by atoms with van der Waals surface area (Å²) in [5.74, 6) is -0.903. The molecule has 1 rings (SSSR count). The molecule has 0 aromatic heterocycles. The molecule has 6 amide bonds. The second-order valence-electron chi connectivity index (χ2n) is 5.73. The van der Waals surface area contributed by atoms with Gasteiger partial charge in [-0.3, -0.25) is 19.8 Å². The van der Waals surface area contributed by atoms with E-state index in [-0.39, 0.29) is 12.0 Å². The molecule has 0 unspecified atom stereocenters. The van der Waals surface area contributed by atoms with Crippen LogP contribution in [0.25, 0.3) is 0 Å². The van der Waals surface area contributed by atoms with Crippen LogP contribution in [-0.2, 0) is 9.59 Å². The van der Waals surface area contributed by atoms with Crippen molar-refractivity contribution >= 4 is 23.9 Å². The van der Waals surface area contributed by atoms with Crippen molar-refractivity contribution in [3.63, 3.8) is 0 Å². The summed E-state index contributed by atoms with van der Waals surface area (Å²) in [5, 5.41) is 7.09. The third-order valence-corrected chi connectivity index (χ3v) is 2.79. The molecule has 1 aliphatic rings. The van der Waals surface area contributed by atoms with Crippen molar-refractivity contribution in [1.82, 2.24) is 20.9 Å². The lowest BCUT2D eigenvalue weighted by Crippen LogP contribution is -2.47. The minimum atomic E-state index is -0.707. The Morgan fingerprint density at radius 2 is 1.86 bits per heavy atom. The Morgan fingerprint density at radius 1 is 1.24 bits per heavy atom. The molecule has 0 saturated carbocycles. The van der Waals surface area contributed by atoms with Gasteiger partial charge in [-0.15, -0.1) is 0 Å². The largest absolute Gasteiger partial charge is 0.336 e. The number of rotatable bonds is 5. The fourth-order valence-corrected chi connectivity index (χ4v) is 1.97. The number of carbonyl (C=O) groups is 4. The van der Waals surface area contributed by atoms with Gasteiger partial charge >= 0.3 is 12.1 Å². The van der Waals surface area contributed by atoms with E-state index in [1.165, 1.54) is 0 Å². The van der Waals surface area contributed by atoms with Crippen LogP contribution >= 0.6 is 0 Å². The van der Waals surface area contributed by atoms with E-state index in [0.29, 0.717) is 6.42 Å². The summed E-state index contributed by atoms with van der Waals surface area (Å²) in [6.45, 7) is 6.90. The number of hydrogen-bond acceptors (Lipinski definition) is 4. The highest BCUT2D eigenvalue weighted by Crippen LogP contribution is 2.13. The maximum absolute atomic E-state index is 12.0. The average molecular weight is 298 g/mol. The monoisotopic (exact) mass is 298 g/mol. The van der Waals surface area contributed by atoms with Gasteiger partial charge in [0.1, 0.15) is 12.6 Å². The number of carbonyl (C=O) groups excluding carboxylic acids is 4. The highest BCUT2D eigenvalue weighted by molar-refractivity contribution is 6.07. The zero-order chi connectivity index (χ0) is 16.2. The van der Waals surface area contributed by atoms with Crippen molar-refractivity contribution in [3.05, 3.63) is 0 Å². The Labute approximate surface area is 123 Å². The predicted octanol–water partition coefficient (Wildman–Crippen LogP) is 0.187. The zero-order valence-electron chi connectivity index (χ0n) is 12.7. The second kappa shape index (κ2) is 7.05. The highest BCUT2D eigenvalue weighted by atomic mass is 16.2. The molecule has 0 aliphatic carbocycles. The average Bonchev–Trinajstić information content (AvgIpc) is 2.54. The van der Waals surface area contributed by atoms with E-state index >= 15 is 0 Å². The lowest BCUT2D eigenvalue weighted by atomic mass is 10.0. The van der Waals surface area contributed by atoms with E-state index in [4.69, 9.17) is 0 Å². The summed E-state index contributed by atoms with van der Waals surface area (Å²) in [6, 6.07) is -1.98. The topological polar surface area (TPSA) is 108 Å². The molecule has 21 heavy (non-hydrogen) atoms. The van der Waals surface area contributed by atoms with E-state index in [1.807, 2.05) is 13.8 Å². The summed E-state index contributed by atoms with van der Waals surface area (Å²) in [7, 11) is 0. The van der Waals surface area contributed by atoms with Gasteiger partial charge in [0.05, 0.1) is 0 Å². The Balaban J connectivity index is 2.54. The van der Waals surface area contributed by atoms with Crippen LogP contribution in [0, 0.1) is 5.92 Å². The van der Waals surface area contributed by atoms with E-state index < -0.39 is 36.5 Å². The number of urea groups is 2. The van der Waals surface area contributed by atoms with Gasteiger partial charge in [0.25, 0.3) is 5.91 Å². The molecule has 0 radical (unpaired) electrons. The Hall–Kier alpha value is -2.12. The third-order valence-electron chi connectivity index (χ3n) is 2.79. The standard InChI is InChI=1S/C13H22N4O4/c1-7(2)5-9-11(19)17(13(21)15-9)6-10(18)16-12(20)14-8(3)4/h7-9H,5-6H2,1-4H3,(H,15,21)(H2,14,16,18,20)/t9-/m1/s1. The maximum Gasteiger partial charge on any atom is 0.325 e. The lowest BCUT2D eigenvalue weighted by molar-refractivity contribution is -0.132. The third kappa shape index (κ3) is 5.05. The number of amides is 6. The van der Waals surface area contributed by atoms with Crippen molar-refractivity contribution in [2.45, 2.75) is 46.2 Å². The van der Waals surface area contributed by atoms with Crippen LogP contribution in [0.2, 0.25) is 0 Å². The van der Waals surface area contributed by atoms with Crippen molar-refractivity contribution < 1.29 is 19.2 Å². The summed E-state index contributed by atoms with van der Waals surface area (Å²) in [4.78, 5) is 47.6. The smallest absolute Gasteiger partial charge is 0.325 e. The van der Waals surface area contributed by atoms with Crippen LogP contribution in [0.3, 0.4) is 0 Å². The van der Waals surface area contributed by atoms with Crippen LogP contribution in [0.1, 0.15) is 34.1 Å². The van der Waals surface area contributed by atoms with Crippen molar-refractivity contribution in [2.75, 3.05) is 6.54 Å². The summed E-state index contributed by atoms with van der Waals surface area (Å²) >= 11 is 0. The number of nitrogens with one attached hydrogen (secondary N) is 3. The molecule has 1 heterocycles.